The normalized spacial score (nSPS) is 12.3. The van der Waals surface area contributed by atoms with Crippen molar-refractivity contribution >= 4 is 50.9 Å². The summed E-state index contributed by atoms with van der Waals surface area (Å²) in [4.78, 5) is 27.7. The van der Waals surface area contributed by atoms with Crippen molar-refractivity contribution in [3.8, 4) is 0 Å². The SMILES string of the molecule is CCNC(=O)[C@H](CC)N(Cc1ccc(Cl)c(Cl)c1)C(=O)CN(c1ccccc1F)S(=O)(=O)N(C)C. The minimum atomic E-state index is -4.25. The summed E-state index contributed by atoms with van der Waals surface area (Å²) in [7, 11) is -1.69. The number of rotatable bonds is 11. The zero-order valence-electron chi connectivity index (χ0n) is 20.0. The number of likely N-dealkylation sites (N-methyl/N-ethyl adjacent to an activating group) is 1. The van der Waals surface area contributed by atoms with Gasteiger partial charge in [-0.15, -0.1) is 0 Å². The fraction of sp³-hybridized carbons (Fsp3) is 0.391. The van der Waals surface area contributed by atoms with Gasteiger partial charge in [0.1, 0.15) is 18.4 Å². The van der Waals surface area contributed by atoms with Crippen LogP contribution in [-0.4, -0.2) is 62.7 Å². The molecule has 8 nitrogen and oxygen atoms in total. The molecule has 12 heteroatoms. The van der Waals surface area contributed by atoms with Crippen LogP contribution in [-0.2, 0) is 26.3 Å². The van der Waals surface area contributed by atoms with Crippen LogP contribution in [0.3, 0.4) is 0 Å². The molecule has 2 amide bonds. The van der Waals surface area contributed by atoms with E-state index in [1.807, 2.05) is 0 Å². The molecule has 0 aliphatic rings. The summed E-state index contributed by atoms with van der Waals surface area (Å²) in [6.07, 6.45) is 0.263. The maximum absolute atomic E-state index is 14.6. The highest BCUT2D eigenvalue weighted by Gasteiger charge is 2.34. The van der Waals surface area contributed by atoms with Gasteiger partial charge in [-0.1, -0.05) is 48.3 Å². The van der Waals surface area contributed by atoms with Gasteiger partial charge in [-0.25, -0.2) is 8.70 Å². The van der Waals surface area contributed by atoms with Crippen molar-refractivity contribution in [3.63, 3.8) is 0 Å². The number of para-hydroxylation sites is 1. The van der Waals surface area contributed by atoms with Crippen molar-refractivity contribution in [2.45, 2.75) is 32.9 Å². The second-order valence-electron chi connectivity index (χ2n) is 7.84. The average Bonchev–Trinajstić information content (AvgIpc) is 2.80. The molecule has 0 bridgehead atoms. The van der Waals surface area contributed by atoms with Crippen LogP contribution in [0.15, 0.2) is 42.5 Å². The highest BCUT2D eigenvalue weighted by atomic mass is 35.5. The number of amides is 2. The Morgan fingerprint density at radius 2 is 1.71 bits per heavy atom. The molecule has 0 aliphatic heterocycles. The molecule has 2 aromatic rings. The lowest BCUT2D eigenvalue weighted by molar-refractivity contribution is -0.140. The van der Waals surface area contributed by atoms with Crippen molar-refractivity contribution in [3.05, 3.63) is 63.9 Å². The van der Waals surface area contributed by atoms with Crippen LogP contribution in [0.4, 0.5) is 10.1 Å². The molecule has 0 unspecified atom stereocenters. The number of carbonyl (C=O) groups excluding carboxylic acids is 2. The highest BCUT2D eigenvalue weighted by Crippen LogP contribution is 2.26. The highest BCUT2D eigenvalue weighted by molar-refractivity contribution is 7.90. The number of nitrogens with one attached hydrogen (secondary N) is 1. The standard InChI is InChI=1S/C23H29Cl2FN4O4S/c1-5-20(23(32)27-6-2)29(14-16-11-12-17(24)18(25)13-16)22(31)15-30(35(33,34)28(3)4)21-10-8-7-9-19(21)26/h7-13,20H,5-6,14-15H2,1-4H3,(H,27,32)/t20-/m0/s1. The van der Waals surface area contributed by atoms with Crippen LogP contribution < -0.4 is 9.62 Å². The van der Waals surface area contributed by atoms with Crippen LogP contribution >= 0.6 is 23.2 Å². The number of halogens is 3. The van der Waals surface area contributed by atoms with Gasteiger partial charge in [-0.2, -0.15) is 12.7 Å². The maximum atomic E-state index is 14.6. The van der Waals surface area contributed by atoms with E-state index in [0.717, 1.165) is 10.4 Å². The van der Waals surface area contributed by atoms with Gasteiger partial charge >= 0.3 is 10.2 Å². The van der Waals surface area contributed by atoms with Crippen LogP contribution in [0.5, 0.6) is 0 Å². The van der Waals surface area contributed by atoms with Gasteiger partial charge in [0.25, 0.3) is 0 Å². The van der Waals surface area contributed by atoms with Crippen molar-refractivity contribution in [2.75, 3.05) is 31.5 Å². The van der Waals surface area contributed by atoms with E-state index in [1.54, 1.807) is 32.0 Å². The molecule has 0 saturated heterocycles. The molecule has 2 rings (SSSR count). The first kappa shape index (κ1) is 28.8. The molecule has 192 valence electrons. The Balaban J connectivity index is 2.53. The summed E-state index contributed by atoms with van der Waals surface area (Å²) in [6.45, 7) is 3.07. The second kappa shape index (κ2) is 12.5. The van der Waals surface area contributed by atoms with E-state index in [0.29, 0.717) is 21.4 Å². The minimum absolute atomic E-state index is 0.0432. The first-order chi connectivity index (χ1) is 16.4. The van der Waals surface area contributed by atoms with E-state index in [-0.39, 0.29) is 23.7 Å². The molecule has 0 saturated carbocycles. The van der Waals surface area contributed by atoms with Crippen LogP contribution in [0, 0.1) is 5.82 Å². The Labute approximate surface area is 215 Å². The third-order valence-corrected chi connectivity index (χ3v) is 7.76. The Hall–Kier alpha value is -2.40. The molecule has 0 spiro atoms. The van der Waals surface area contributed by atoms with Gasteiger partial charge in [0.05, 0.1) is 15.7 Å². The van der Waals surface area contributed by atoms with Crippen LogP contribution in [0.25, 0.3) is 0 Å². The van der Waals surface area contributed by atoms with Gasteiger partial charge < -0.3 is 10.2 Å². The Bertz CT molecular complexity index is 1160. The Morgan fingerprint density at radius 3 is 2.26 bits per heavy atom. The molecule has 35 heavy (non-hydrogen) atoms. The summed E-state index contributed by atoms with van der Waals surface area (Å²) in [5.41, 5.74) is 0.304. The number of hydrogen-bond acceptors (Lipinski definition) is 4. The zero-order chi connectivity index (χ0) is 26.3. The first-order valence-electron chi connectivity index (χ1n) is 10.9. The fourth-order valence-corrected chi connectivity index (χ4v) is 4.79. The first-order valence-corrected chi connectivity index (χ1v) is 13.0. The van der Waals surface area contributed by atoms with Crippen LogP contribution in [0.2, 0.25) is 10.0 Å². The van der Waals surface area contributed by atoms with Crippen molar-refractivity contribution in [2.24, 2.45) is 0 Å². The number of carbonyl (C=O) groups is 2. The Morgan fingerprint density at radius 1 is 1.06 bits per heavy atom. The predicted molar refractivity (Wildman–Crippen MR) is 136 cm³/mol. The molecule has 2 aromatic carbocycles. The third-order valence-electron chi connectivity index (χ3n) is 5.21. The molecular weight excluding hydrogens is 518 g/mol. The largest absolute Gasteiger partial charge is 0.355 e. The zero-order valence-corrected chi connectivity index (χ0v) is 22.3. The number of anilines is 1. The van der Waals surface area contributed by atoms with E-state index < -0.39 is 40.4 Å². The lowest BCUT2D eigenvalue weighted by atomic mass is 10.1. The predicted octanol–water partition coefficient (Wildman–Crippen LogP) is 3.69. The van der Waals surface area contributed by atoms with Gasteiger partial charge in [-0.3, -0.25) is 9.59 Å². The molecule has 0 radical (unpaired) electrons. The molecule has 0 aliphatic carbocycles. The van der Waals surface area contributed by atoms with Gasteiger partial charge in [0, 0.05) is 27.2 Å². The monoisotopic (exact) mass is 546 g/mol. The molecule has 0 aromatic heterocycles. The summed E-state index contributed by atoms with van der Waals surface area (Å²) >= 11 is 12.1. The van der Waals surface area contributed by atoms with Crippen LogP contribution in [0.1, 0.15) is 25.8 Å². The topological polar surface area (TPSA) is 90.0 Å². The third kappa shape index (κ3) is 7.07. The number of benzene rings is 2. The van der Waals surface area contributed by atoms with E-state index in [9.17, 15) is 22.4 Å². The van der Waals surface area contributed by atoms with E-state index >= 15 is 0 Å². The lowest BCUT2D eigenvalue weighted by Crippen LogP contribution is -2.53. The molecule has 0 heterocycles. The summed E-state index contributed by atoms with van der Waals surface area (Å²) in [5, 5.41) is 3.30. The quantitative estimate of drug-likeness (QED) is 0.465. The van der Waals surface area contributed by atoms with Crippen molar-refractivity contribution in [1.82, 2.24) is 14.5 Å². The maximum Gasteiger partial charge on any atom is 0.304 e. The fourth-order valence-electron chi connectivity index (χ4n) is 3.40. The molecule has 1 N–H and O–H groups in total. The van der Waals surface area contributed by atoms with Gasteiger partial charge in [0.2, 0.25) is 11.8 Å². The molecule has 0 fully saturated rings. The van der Waals surface area contributed by atoms with E-state index in [2.05, 4.69) is 5.32 Å². The van der Waals surface area contributed by atoms with Gasteiger partial charge in [-0.05, 0) is 43.2 Å². The summed E-state index contributed by atoms with van der Waals surface area (Å²) in [5.74, 6) is -1.89. The number of nitrogens with zero attached hydrogens (tertiary/aromatic N) is 3. The molecular formula is C23H29Cl2FN4O4S. The average molecular weight is 547 g/mol. The van der Waals surface area contributed by atoms with E-state index in [4.69, 9.17) is 23.2 Å². The minimum Gasteiger partial charge on any atom is -0.355 e. The smallest absolute Gasteiger partial charge is 0.304 e. The summed E-state index contributed by atoms with van der Waals surface area (Å²) < 4.78 is 42.3. The van der Waals surface area contributed by atoms with Crippen molar-refractivity contribution < 1.29 is 22.4 Å². The molecule has 1 atom stereocenters. The lowest BCUT2D eigenvalue weighted by Gasteiger charge is -2.34. The van der Waals surface area contributed by atoms with Crippen molar-refractivity contribution in [1.29, 1.82) is 0 Å². The summed E-state index contributed by atoms with van der Waals surface area (Å²) in [6, 6.07) is 9.16. The van der Waals surface area contributed by atoms with E-state index in [1.165, 1.54) is 37.2 Å². The number of hydrogen-bond donors (Lipinski definition) is 1. The Kier molecular flexibility index (Phi) is 10.3. The van der Waals surface area contributed by atoms with Gasteiger partial charge in [0.15, 0.2) is 0 Å². The second-order valence-corrected chi connectivity index (χ2v) is 10.7.